The molecule has 1 heterocycles. The van der Waals surface area contributed by atoms with Crippen LogP contribution in [-0.4, -0.2) is 31.2 Å². The van der Waals surface area contributed by atoms with Gasteiger partial charge in [-0.15, -0.1) is 0 Å². The van der Waals surface area contributed by atoms with Gasteiger partial charge in [0.05, 0.1) is 27.5 Å². The minimum atomic E-state index is -3.51. The molecule has 0 saturated carbocycles. The maximum absolute atomic E-state index is 12.7. The van der Waals surface area contributed by atoms with E-state index >= 15 is 0 Å². The molecule has 1 aromatic heterocycles. The third-order valence-corrected chi connectivity index (χ3v) is 5.64. The quantitative estimate of drug-likeness (QED) is 0.707. The van der Waals surface area contributed by atoms with Crippen LogP contribution in [0.4, 0.5) is 5.69 Å². The maximum atomic E-state index is 12.7. The summed E-state index contributed by atoms with van der Waals surface area (Å²) >= 11 is 0. The Morgan fingerprint density at radius 2 is 1.63 bits per heavy atom. The minimum absolute atomic E-state index is 0.132. The van der Waals surface area contributed by atoms with Crippen LogP contribution >= 0.6 is 0 Å². The van der Waals surface area contributed by atoms with Gasteiger partial charge in [-0.25, -0.2) is 17.8 Å². The van der Waals surface area contributed by atoms with Crippen LogP contribution in [-0.2, 0) is 10.0 Å². The molecule has 7 nitrogen and oxygen atoms in total. The van der Waals surface area contributed by atoms with Crippen molar-refractivity contribution in [2.24, 2.45) is 0 Å². The molecular formula is C19H20N4O3S. The van der Waals surface area contributed by atoms with Gasteiger partial charge in [-0.05, 0) is 57.3 Å². The lowest BCUT2D eigenvalue weighted by atomic mass is 10.1. The molecular weight excluding hydrogens is 364 g/mol. The van der Waals surface area contributed by atoms with Crippen LogP contribution in [0.2, 0.25) is 0 Å². The van der Waals surface area contributed by atoms with Crippen LogP contribution < -0.4 is 10.0 Å². The van der Waals surface area contributed by atoms with Crippen LogP contribution in [0, 0.1) is 13.8 Å². The molecule has 0 aliphatic carbocycles. The van der Waals surface area contributed by atoms with E-state index in [9.17, 15) is 13.2 Å². The zero-order chi connectivity index (χ0) is 19.6. The van der Waals surface area contributed by atoms with E-state index in [1.807, 2.05) is 37.3 Å². The number of nitrogens with zero attached hydrogens (tertiary/aromatic N) is 2. The Kier molecular flexibility index (Phi) is 5.11. The van der Waals surface area contributed by atoms with Gasteiger partial charge in [-0.1, -0.05) is 18.2 Å². The van der Waals surface area contributed by atoms with Gasteiger partial charge in [-0.3, -0.25) is 4.79 Å². The minimum Gasteiger partial charge on any atom is -0.322 e. The summed E-state index contributed by atoms with van der Waals surface area (Å²) in [4.78, 5) is 12.9. The number of hydrogen-bond donors (Lipinski definition) is 2. The van der Waals surface area contributed by atoms with E-state index in [2.05, 4.69) is 15.1 Å². The Hall–Kier alpha value is -2.97. The van der Waals surface area contributed by atoms with Crippen molar-refractivity contribution in [3.05, 3.63) is 71.5 Å². The van der Waals surface area contributed by atoms with Crippen LogP contribution in [0.1, 0.15) is 21.7 Å². The molecule has 1 amide bonds. The summed E-state index contributed by atoms with van der Waals surface area (Å²) in [6.45, 7) is 3.62. The summed E-state index contributed by atoms with van der Waals surface area (Å²) in [5, 5.41) is 7.26. The van der Waals surface area contributed by atoms with E-state index in [1.54, 1.807) is 23.7 Å². The summed E-state index contributed by atoms with van der Waals surface area (Å²) in [6, 6.07) is 15.6. The van der Waals surface area contributed by atoms with E-state index in [4.69, 9.17) is 0 Å². The van der Waals surface area contributed by atoms with Gasteiger partial charge in [0.15, 0.2) is 0 Å². The van der Waals surface area contributed by atoms with E-state index in [-0.39, 0.29) is 10.8 Å². The van der Waals surface area contributed by atoms with Crippen molar-refractivity contribution in [1.29, 1.82) is 0 Å². The average molecular weight is 384 g/mol. The van der Waals surface area contributed by atoms with Crippen molar-refractivity contribution in [2.75, 3.05) is 12.4 Å². The first-order valence-electron chi connectivity index (χ1n) is 8.30. The highest BCUT2D eigenvalue weighted by atomic mass is 32.2. The second-order valence-electron chi connectivity index (χ2n) is 5.98. The number of rotatable bonds is 5. The third kappa shape index (κ3) is 3.76. The fraction of sp³-hybridized carbons (Fsp3) is 0.158. The van der Waals surface area contributed by atoms with Gasteiger partial charge in [0, 0.05) is 5.69 Å². The number of sulfonamides is 1. The fourth-order valence-corrected chi connectivity index (χ4v) is 3.55. The Labute approximate surface area is 158 Å². The molecule has 0 aliphatic rings. The predicted molar refractivity (Wildman–Crippen MR) is 104 cm³/mol. The van der Waals surface area contributed by atoms with Crippen molar-refractivity contribution in [3.8, 4) is 5.69 Å². The van der Waals surface area contributed by atoms with Gasteiger partial charge in [0.25, 0.3) is 5.91 Å². The first-order valence-corrected chi connectivity index (χ1v) is 9.78. The average Bonchev–Trinajstić information content (AvgIpc) is 2.97. The number of para-hydroxylation sites is 1. The van der Waals surface area contributed by atoms with Crippen LogP contribution in [0.3, 0.4) is 0 Å². The molecule has 3 rings (SSSR count). The van der Waals surface area contributed by atoms with Crippen molar-refractivity contribution >= 4 is 21.6 Å². The maximum Gasteiger partial charge on any atom is 0.259 e. The molecule has 8 heteroatoms. The lowest BCUT2D eigenvalue weighted by Crippen LogP contribution is -2.18. The molecule has 0 radical (unpaired) electrons. The van der Waals surface area contributed by atoms with Crippen molar-refractivity contribution in [1.82, 2.24) is 14.5 Å². The largest absolute Gasteiger partial charge is 0.322 e. The van der Waals surface area contributed by atoms with Gasteiger partial charge in [0.2, 0.25) is 10.0 Å². The SMILES string of the molecule is CNS(=O)(=O)c1ccc(NC(=O)c2c(C)nn(-c3ccccc3)c2C)cc1. The second-order valence-corrected chi connectivity index (χ2v) is 7.87. The Morgan fingerprint density at radius 1 is 1.00 bits per heavy atom. The Bertz CT molecular complexity index is 1070. The van der Waals surface area contributed by atoms with Crippen LogP contribution in [0.15, 0.2) is 59.5 Å². The fourth-order valence-electron chi connectivity index (χ4n) is 2.82. The van der Waals surface area contributed by atoms with Gasteiger partial charge in [0.1, 0.15) is 0 Å². The molecule has 0 aliphatic heterocycles. The summed E-state index contributed by atoms with van der Waals surface area (Å²) in [5.41, 5.74) is 3.21. The first kappa shape index (κ1) is 18.8. The van der Waals surface area contributed by atoms with Crippen molar-refractivity contribution < 1.29 is 13.2 Å². The van der Waals surface area contributed by atoms with Crippen molar-refractivity contribution in [3.63, 3.8) is 0 Å². The van der Waals surface area contributed by atoms with Gasteiger partial charge >= 0.3 is 0 Å². The molecule has 2 aromatic carbocycles. The standard InChI is InChI=1S/C19H20N4O3S/c1-13-18(14(2)23(22-13)16-7-5-4-6-8-16)19(24)21-15-9-11-17(12-10-15)27(25,26)20-3/h4-12,20H,1-3H3,(H,21,24). The highest BCUT2D eigenvalue weighted by Gasteiger charge is 2.20. The van der Waals surface area contributed by atoms with Crippen molar-refractivity contribution in [2.45, 2.75) is 18.7 Å². The summed E-state index contributed by atoms with van der Waals surface area (Å²) < 4.78 is 27.5. The number of hydrogen-bond acceptors (Lipinski definition) is 4. The van der Waals surface area contributed by atoms with E-state index in [1.165, 1.54) is 19.2 Å². The molecule has 27 heavy (non-hydrogen) atoms. The molecule has 0 fully saturated rings. The van der Waals surface area contributed by atoms with Crippen LogP contribution in [0.25, 0.3) is 5.69 Å². The number of carbonyl (C=O) groups excluding carboxylic acids is 1. The molecule has 2 N–H and O–H groups in total. The van der Waals surface area contributed by atoms with E-state index in [0.29, 0.717) is 16.9 Å². The molecule has 0 spiro atoms. The lowest BCUT2D eigenvalue weighted by molar-refractivity contribution is 0.102. The molecule has 0 atom stereocenters. The number of aromatic nitrogens is 2. The highest BCUT2D eigenvalue weighted by molar-refractivity contribution is 7.89. The van der Waals surface area contributed by atoms with E-state index in [0.717, 1.165) is 11.4 Å². The first-order chi connectivity index (χ1) is 12.8. The topological polar surface area (TPSA) is 93.1 Å². The number of nitrogens with one attached hydrogen (secondary N) is 2. The Balaban J connectivity index is 1.86. The monoisotopic (exact) mass is 384 g/mol. The number of aryl methyl sites for hydroxylation is 1. The summed E-state index contributed by atoms with van der Waals surface area (Å²) in [6.07, 6.45) is 0. The number of benzene rings is 2. The molecule has 3 aromatic rings. The summed E-state index contributed by atoms with van der Waals surface area (Å²) in [5.74, 6) is -0.295. The number of carbonyl (C=O) groups is 1. The second kappa shape index (κ2) is 7.34. The lowest BCUT2D eigenvalue weighted by Gasteiger charge is -2.08. The van der Waals surface area contributed by atoms with Gasteiger partial charge in [-0.2, -0.15) is 5.10 Å². The highest BCUT2D eigenvalue weighted by Crippen LogP contribution is 2.20. The number of amides is 1. The summed E-state index contributed by atoms with van der Waals surface area (Å²) in [7, 11) is -2.16. The number of anilines is 1. The zero-order valence-electron chi connectivity index (χ0n) is 15.2. The normalized spacial score (nSPS) is 11.4. The smallest absolute Gasteiger partial charge is 0.259 e. The third-order valence-electron chi connectivity index (χ3n) is 4.21. The molecule has 0 unspecified atom stereocenters. The van der Waals surface area contributed by atoms with Crippen LogP contribution in [0.5, 0.6) is 0 Å². The zero-order valence-corrected chi connectivity index (χ0v) is 16.0. The van der Waals surface area contributed by atoms with Gasteiger partial charge < -0.3 is 5.32 Å². The van der Waals surface area contributed by atoms with E-state index < -0.39 is 10.0 Å². The molecule has 0 saturated heterocycles. The predicted octanol–water partition coefficient (Wildman–Crippen LogP) is 2.65. The Morgan fingerprint density at radius 3 is 2.22 bits per heavy atom. The molecule has 0 bridgehead atoms. The molecule has 140 valence electrons.